The standard InChI is InChI=1S/2C25H24FNO2S/c2*1-29-25(28)24-13-14-27-16-19(24)6-5-17-3-2-4-18-15-22(11-12-23(17)18)30-21-9-7-20(26)8-10-21/h2*7-17H,2-6H2,1H3/t2*17-/m10/s1. The number of carbonyl (C=O) groups is 2. The molecule has 2 atom stereocenters. The van der Waals surface area contributed by atoms with Crippen molar-refractivity contribution in [2.24, 2.45) is 0 Å². The molecule has 0 unspecified atom stereocenters. The first-order chi connectivity index (χ1) is 29.3. The predicted molar refractivity (Wildman–Crippen MR) is 233 cm³/mol. The Hall–Kier alpha value is -5.32. The lowest BCUT2D eigenvalue weighted by atomic mass is 9.80. The van der Waals surface area contributed by atoms with Crippen LogP contribution in [0, 0.1) is 11.6 Å². The Labute approximate surface area is 359 Å². The lowest BCUT2D eigenvalue weighted by Crippen LogP contribution is -2.12. The lowest BCUT2D eigenvalue weighted by Gasteiger charge is -2.26. The Morgan fingerprint density at radius 2 is 0.983 bits per heavy atom. The van der Waals surface area contributed by atoms with Crippen LogP contribution in [0.3, 0.4) is 0 Å². The van der Waals surface area contributed by atoms with E-state index < -0.39 is 0 Å². The van der Waals surface area contributed by atoms with Crippen LogP contribution in [0.4, 0.5) is 8.78 Å². The summed E-state index contributed by atoms with van der Waals surface area (Å²) in [5, 5.41) is 0. The number of carbonyl (C=O) groups excluding carboxylic acids is 2. The van der Waals surface area contributed by atoms with Crippen molar-refractivity contribution >= 4 is 35.5 Å². The average molecular weight is 843 g/mol. The van der Waals surface area contributed by atoms with Crippen LogP contribution >= 0.6 is 23.5 Å². The minimum Gasteiger partial charge on any atom is -0.465 e. The largest absolute Gasteiger partial charge is 0.465 e. The van der Waals surface area contributed by atoms with Gasteiger partial charge in [-0.1, -0.05) is 35.7 Å². The van der Waals surface area contributed by atoms with Crippen LogP contribution in [-0.2, 0) is 35.2 Å². The Balaban J connectivity index is 0.000000181. The van der Waals surface area contributed by atoms with Crippen molar-refractivity contribution in [3.8, 4) is 0 Å². The van der Waals surface area contributed by atoms with Gasteiger partial charge in [0.25, 0.3) is 0 Å². The molecule has 60 heavy (non-hydrogen) atoms. The minimum atomic E-state index is -0.307. The maximum absolute atomic E-state index is 13.1. The Morgan fingerprint density at radius 1 is 0.583 bits per heavy atom. The van der Waals surface area contributed by atoms with Gasteiger partial charge in [0.05, 0.1) is 25.3 Å². The van der Waals surface area contributed by atoms with Gasteiger partial charge in [-0.25, -0.2) is 18.4 Å². The fraction of sp³-hybridized carbons (Fsp3) is 0.280. The van der Waals surface area contributed by atoms with Crippen LogP contribution in [0.1, 0.15) is 104 Å². The lowest BCUT2D eigenvalue weighted by molar-refractivity contribution is 0.0590. The highest BCUT2D eigenvalue weighted by Gasteiger charge is 2.23. The number of benzene rings is 4. The Morgan fingerprint density at radius 3 is 1.38 bits per heavy atom. The van der Waals surface area contributed by atoms with E-state index in [0.29, 0.717) is 23.0 Å². The summed E-state index contributed by atoms with van der Waals surface area (Å²) in [7, 11) is 2.82. The molecule has 0 saturated heterocycles. The highest BCUT2D eigenvalue weighted by atomic mass is 32.2. The molecule has 0 fully saturated rings. The number of ether oxygens (including phenoxy) is 2. The summed E-state index contributed by atoms with van der Waals surface area (Å²) in [4.78, 5) is 36.9. The summed E-state index contributed by atoms with van der Waals surface area (Å²) in [5.74, 6) is -0.0836. The summed E-state index contributed by atoms with van der Waals surface area (Å²) in [6.45, 7) is 0. The van der Waals surface area contributed by atoms with Crippen molar-refractivity contribution in [2.45, 2.75) is 95.6 Å². The number of pyridine rings is 2. The molecule has 2 aliphatic rings. The summed E-state index contributed by atoms with van der Waals surface area (Å²) in [5.41, 5.74) is 8.72. The van der Waals surface area contributed by atoms with Gasteiger partial charge in [0.2, 0.25) is 0 Å². The molecule has 0 amide bonds. The number of aryl methyl sites for hydroxylation is 4. The van der Waals surface area contributed by atoms with Gasteiger partial charge in [-0.15, -0.1) is 0 Å². The molecule has 0 spiro atoms. The van der Waals surface area contributed by atoms with Crippen molar-refractivity contribution in [3.05, 3.63) is 178 Å². The van der Waals surface area contributed by atoms with Crippen molar-refractivity contribution in [1.82, 2.24) is 9.97 Å². The van der Waals surface area contributed by atoms with Crippen LogP contribution in [0.5, 0.6) is 0 Å². The van der Waals surface area contributed by atoms with Crippen molar-refractivity contribution in [1.29, 1.82) is 0 Å². The number of halogens is 2. The third-order valence-corrected chi connectivity index (χ3v) is 13.3. The first-order valence-corrected chi connectivity index (χ1v) is 22.1. The maximum atomic E-state index is 13.1. The molecule has 0 bridgehead atoms. The average Bonchev–Trinajstić information content (AvgIpc) is 3.28. The minimum absolute atomic E-state index is 0.211. The Bertz CT molecular complexity index is 2240. The molecule has 6 aromatic rings. The van der Waals surface area contributed by atoms with Gasteiger partial charge in [0, 0.05) is 44.4 Å². The maximum Gasteiger partial charge on any atom is 0.338 e. The van der Waals surface area contributed by atoms with E-state index in [1.165, 1.54) is 83.4 Å². The monoisotopic (exact) mass is 842 g/mol. The van der Waals surface area contributed by atoms with Crippen LogP contribution in [0.15, 0.2) is 141 Å². The molecule has 2 heterocycles. The van der Waals surface area contributed by atoms with Crippen LogP contribution < -0.4 is 0 Å². The van der Waals surface area contributed by atoms with E-state index in [1.54, 1.807) is 60.4 Å². The zero-order chi connectivity index (χ0) is 41.8. The van der Waals surface area contributed by atoms with Crippen molar-refractivity contribution in [3.63, 3.8) is 0 Å². The molecule has 2 aliphatic carbocycles. The number of hydrogen-bond acceptors (Lipinski definition) is 8. The predicted octanol–water partition coefficient (Wildman–Crippen LogP) is 12.4. The van der Waals surface area contributed by atoms with E-state index in [4.69, 9.17) is 9.47 Å². The summed E-state index contributed by atoms with van der Waals surface area (Å²) >= 11 is 3.32. The Kier molecular flexibility index (Phi) is 14.8. The molecule has 6 nitrogen and oxygen atoms in total. The molecule has 0 saturated carbocycles. The van der Waals surface area contributed by atoms with Crippen LogP contribution in [0.2, 0.25) is 0 Å². The molecular weight excluding hydrogens is 795 g/mol. The van der Waals surface area contributed by atoms with Gasteiger partial charge in [0.1, 0.15) is 11.6 Å². The molecule has 0 radical (unpaired) electrons. The van der Waals surface area contributed by atoms with E-state index in [9.17, 15) is 18.4 Å². The normalized spacial score (nSPS) is 15.5. The zero-order valence-corrected chi connectivity index (χ0v) is 35.5. The number of nitrogens with zero attached hydrogens (tertiary/aromatic N) is 2. The van der Waals surface area contributed by atoms with E-state index in [0.717, 1.165) is 72.3 Å². The SMILES string of the molecule is COC(=O)c1ccncc1CC[C@@H]1CCCc2cc(Sc3ccc(F)cc3)ccc21.COC(=O)c1ccncc1CC[C@H]1CCCc2cc(Sc3ccc(F)cc3)ccc21. The smallest absolute Gasteiger partial charge is 0.338 e. The van der Waals surface area contributed by atoms with E-state index in [-0.39, 0.29) is 23.6 Å². The number of methoxy groups -OCH3 is 2. The molecule has 2 aromatic heterocycles. The van der Waals surface area contributed by atoms with Gasteiger partial charge < -0.3 is 9.47 Å². The first kappa shape index (κ1) is 42.8. The van der Waals surface area contributed by atoms with Gasteiger partial charge in [-0.3, -0.25) is 9.97 Å². The van der Waals surface area contributed by atoms with Crippen LogP contribution in [-0.4, -0.2) is 36.1 Å². The van der Waals surface area contributed by atoms with E-state index in [1.807, 2.05) is 24.3 Å². The second-order valence-corrected chi connectivity index (χ2v) is 17.4. The highest BCUT2D eigenvalue weighted by molar-refractivity contribution is 7.99. The van der Waals surface area contributed by atoms with Gasteiger partial charge in [-0.2, -0.15) is 0 Å². The molecule has 4 aromatic carbocycles. The van der Waals surface area contributed by atoms with Crippen molar-refractivity contribution in [2.75, 3.05) is 14.2 Å². The van der Waals surface area contributed by atoms with E-state index in [2.05, 4.69) is 46.4 Å². The second kappa shape index (κ2) is 20.8. The second-order valence-electron chi connectivity index (χ2n) is 15.1. The highest BCUT2D eigenvalue weighted by Crippen LogP contribution is 2.40. The fourth-order valence-electron chi connectivity index (χ4n) is 8.32. The van der Waals surface area contributed by atoms with Gasteiger partial charge >= 0.3 is 11.9 Å². The fourth-order valence-corrected chi connectivity index (χ4v) is 10.1. The molecule has 0 aliphatic heterocycles. The topological polar surface area (TPSA) is 78.4 Å². The molecular formula is C50H48F2N2O4S2. The third-order valence-electron chi connectivity index (χ3n) is 11.3. The number of rotatable bonds is 12. The first-order valence-electron chi connectivity index (χ1n) is 20.4. The molecule has 8 rings (SSSR count). The molecule has 308 valence electrons. The summed E-state index contributed by atoms with van der Waals surface area (Å²) in [6, 6.07) is 30.1. The van der Waals surface area contributed by atoms with Gasteiger partial charge in [-0.05, 0) is 194 Å². The number of aromatic nitrogens is 2. The molecule has 0 N–H and O–H groups in total. The number of esters is 2. The third kappa shape index (κ3) is 11.1. The number of hydrogen-bond donors (Lipinski definition) is 0. The zero-order valence-electron chi connectivity index (χ0n) is 33.9. The molecule has 10 heteroatoms. The quantitative estimate of drug-likeness (QED) is 0.113. The van der Waals surface area contributed by atoms with Gasteiger partial charge in [0.15, 0.2) is 0 Å². The summed E-state index contributed by atoms with van der Waals surface area (Å²) < 4.78 is 36.1. The summed E-state index contributed by atoms with van der Waals surface area (Å²) in [6.07, 6.45) is 17.2. The number of fused-ring (bicyclic) bond motifs is 2. The van der Waals surface area contributed by atoms with Crippen molar-refractivity contribution < 1.29 is 27.8 Å². The van der Waals surface area contributed by atoms with Crippen LogP contribution in [0.25, 0.3) is 0 Å². The van der Waals surface area contributed by atoms with E-state index >= 15 is 0 Å².